The smallest absolute Gasteiger partial charge is 0.0000699 e. The van der Waals surface area contributed by atoms with Crippen LogP contribution in [0.25, 0.3) is 32.3 Å². The van der Waals surface area contributed by atoms with Crippen molar-refractivity contribution < 1.29 is 0 Å². The Balaban J connectivity index is 2.46. The average Bonchev–Trinajstić information content (AvgIpc) is 2.48. The molecule has 18 heavy (non-hydrogen) atoms. The maximum Gasteiger partial charge on any atom is -0.0000699 e. The summed E-state index contributed by atoms with van der Waals surface area (Å²) in [6, 6.07) is 28.1. The monoisotopic (exact) mass is 225 g/mol. The standard InChI is InChI=1S/C18H9/c1-2-8-14-13(7-1)15-9-3-4-11-17(15)18-12-6-5-10-16(14)18/h1-4,7-11H. The molecule has 81 valence electrons. The van der Waals surface area contributed by atoms with Crippen molar-refractivity contribution in [1.29, 1.82) is 0 Å². The Morgan fingerprint density at radius 3 is 1.89 bits per heavy atom. The Kier molecular flexibility index (Phi) is 1.92. The molecule has 3 radical (unpaired) electrons. The number of hydrogen-bond acceptors (Lipinski definition) is 0. The van der Waals surface area contributed by atoms with Crippen molar-refractivity contribution >= 4 is 32.3 Å². The second-order valence-electron chi connectivity index (χ2n) is 4.42. The van der Waals surface area contributed by atoms with Crippen LogP contribution in [0, 0.1) is 18.2 Å². The van der Waals surface area contributed by atoms with Gasteiger partial charge in [0.2, 0.25) is 0 Å². The average molecular weight is 225 g/mol. The van der Waals surface area contributed by atoms with Gasteiger partial charge in [0.15, 0.2) is 0 Å². The molecule has 4 rings (SSSR count). The minimum absolute atomic E-state index is 1.13. The lowest BCUT2D eigenvalue weighted by atomic mass is 9.95. The fourth-order valence-corrected chi connectivity index (χ4v) is 2.66. The van der Waals surface area contributed by atoms with E-state index in [1.165, 1.54) is 26.9 Å². The molecule has 0 spiro atoms. The van der Waals surface area contributed by atoms with E-state index in [9.17, 15) is 0 Å². The molecule has 0 heteroatoms. The molecule has 4 aromatic carbocycles. The molecule has 0 heterocycles. The van der Waals surface area contributed by atoms with Crippen molar-refractivity contribution in [2.24, 2.45) is 0 Å². The van der Waals surface area contributed by atoms with Crippen LogP contribution >= 0.6 is 0 Å². The molecule has 0 nitrogen and oxygen atoms in total. The molecular weight excluding hydrogens is 216 g/mol. The van der Waals surface area contributed by atoms with Crippen molar-refractivity contribution in [2.75, 3.05) is 0 Å². The van der Waals surface area contributed by atoms with Gasteiger partial charge >= 0.3 is 0 Å². The fraction of sp³-hybridized carbons (Fsp3) is 0. The van der Waals surface area contributed by atoms with Crippen molar-refractivity contribution in [3.63, 3.8) is 0 Å². The second kappa shape index (κ2) is 3.58. The zero-order chi connectivity index (χ0) is 11.9. The third-order valence-corrected chi connectivity index (χ3v) is 3.45. The lowest BCUT2D eigenvalue weighted by Gasteiger charge is -2.08. The highest BCUT2D eigenvalue weighted by Gasteiger charge is 2.06. The third kappa shape index (κ3) is 1.20. The molecule has 0 aliphatic carbocycles. The van der Waals surface area contributed by atoms with Crippen molar-refractivity contribution in [3.05, 3.63) is 72.8 Å². The van der Waals surface area contributed by atoms with Crippen LogP contribution in [0.15, 0.2) is 54.6 Å². The van der Waals surface area contributed by atoms with Crippen LogP contribution < -0.4 is 0 Å². The molecule has 0 unspecified atom stereocenters. The largest absolute Gasteiger partial charge is 0.0616 e. The minimum atomic E-state index is 1.13. The summed E-state index contributed by atoms with van der Waals surface area (Å²) in [5.41, 5.74) is 0. The SMILES string of the molecule is [c]1[c]cc2c([c]1)c1ccccc1c1ccccc21. The van der Waals surface area contributed by atoms with Gasteiger partial charge in [0, 0.05) is 0 Å². The zero-order valence-corrected chi connectivity index (χ0v) is 9.70. The molecule has 0 bridgehead atoms. The maximum atomic E-state index is 3.21. The van der Waals surface area contributed by atoms with E-state index in [0.29, 0.717) is 0 Å². The lowest BCUT2D eigenvalue weighted by molar-refractivity contribution is 1.74. The second-order valence-corrected chi connectivity index (χ2v) is 4.42. The normalized spacial score (nSPS) is 11.3. The highest BCUT2D eigenvalue weighted by Crippen LogP contribution is 2.33. The third-order valence-electron chi connectivity index (χ3n) is 3.45. The highest BCUT2D eigenvalue weighted by atomic mass is 14.1. The van der Waals surface area contributed by atoms with Gasteiger partial charge < -0.3 is 0 Å². The lowest BCUT2D eigenvalue weighted by Crippen LogP contribution is -1.82. The van der Waals surface area contributed by atoms with Crippen LogP contribution in [0.4, 0.5) is 0 Å². The van der Waals surface area contributed by atoms with Crippen LogP contribution in [0.1, 0.15) is 0 Å². The first kappa shape index (κ1) is 9.67. The summed E-state index contributed by atoms with van der Waals surface area (Å²) in [6.45, 7) is 0. The van der Waals surface area contributed by atoms with E-state index >= 15 is 0 Å². The predicted molar refractivity (Wildman–Crippen MR) is 75.5 cm³/mol. The molecule has 0 aliphatic rings. The fourth-order valence-electron chi connectivity index (χ4n) is 2.66. The van der Waals surface area contributed by atoms with E-state index < -0.39 is 0 Å². The number of fused-ring (bicyclic) bond motifs is 6. The molecule has 0 atom stereocenters. The molecule has 0 saturated carbocycles. The topological polar surface area (TPSA) is 0 Å². The van der Waals surface area contributed by atoms with Crippen LogP contribution in [0.2, 0.25) is 0 Å². The predicted octanol–water partition coefficient (Wildman–Crippen LogP) is 4.55. The molecule has 0 N–H and O–H groups in total. The van der Waals surface area contributed by atoms with Crippen LogP contribution in [0.5, 0.6) is 0 Å². The minimum Gasteiger partial charge on any atom is -0.0616 e. The van der Waals surface area contributed by atoms with Gasteiger partial charge in [-0.25, -0.2) is 0 Å². The molecule has 0 aliphatic heterocycles. The Morgan fingerprint density at radius 2 is 1.17 bits per heavy atom. The van der Waals surface area contributed by atoms with E-state index in [1.54, 1.807) is 0 Å². The Hall–Kier alpha value is -2.34. The van der Waals surface area contributed by atoms with Crippen molar-refractivity contribution in [1.82, 2.24) is 0 Å². The van der Waals surface area contributed by atoms with Crippen molar-refractivity contribution in [3.8, 4) is 0 Å². The Labute approximate surface area is 105 Å². The molecule has 0 saturated heterocycles. The van der Waals surface area contributed by atoms with Gasteiger partial charge in [-0.15, -0.1) is 0 Å². The van der Waals surface area contributed by atoms with Crippen molar-refractivity contribution in [2.45, 2.75) is 0 Å². The quantitative estimate of drug-likeness (QED) is 0.385. The molecule has 0 amide bonds. The summed E-state index contributed by atoms with van der Waals surface area (Å²) < 4.78 is 0. The number of hydrogen-bond donors (Lipinski definition) is 0. The van der Waals surface area contributed by atoms with Gasteiger partial charge in [0.25, 0.3) is 0 Å². The van der Waals surface area contributed by atoms with E-state index in [0.717, 1.165) is 5.39 Å². The first-order valence-corrected chi connectivity index (χ1v) is 5.98. The Bertz CT molecular complexity index is 652. The van der Waals surface area contributed by atoms with Gasteiger partial charge in [-0.1, -0.05) is 48.5 Å². The molecular formula is C18H9. The summed E-state index contributed by atoms with van der Waals surface area (Å²) in [5.74, 6) is 0. The van der Waals surface area contributed by atoms with Gasteiger partial charge in [-0.05, 0) is 56.6 Å². The van der Waals surface area contributed by atoms with Crippen LogP contribution in [-0.2, 0) is 0 Å². The van der Waals surface area contributed by atoms with E-state index in [2.05, 4.69) is 66.7 Å². The van der Waals surface area contributed by atoms with E-state index in [4.69, 9.17) is 0 Å². The zero-order valence-electron chi connectivity index (χ0n) is 9.70. The summed E-state index contributed by atoms with van der Waals surface area (Å²) >= 11 is 0. The summed E-state index contributed by atoms with van der Waals surface area (Å²) in [4.78, 5) is 0. The van der Waals surface area contributed by atoms with Crippen LogP contribution in [0.3, 0.4) is 0 Å². The molecule has 0 aromatic heterocycles. The van der Waals surface area contributed by atoms with Gasteiger partial charge in [-0.2, -0.15) is 0 Å². The van der Waals surface area contributed by atoms with Crippen LogP contribution in [-0.4, -0.2) is 0 Å². The number of rotatable bonds is 0. The summed E-state index contributed by atoms with van der Waals surface area (Å²) in [6.07, 6.45) is 0. The first-order valence-electron chi connectivity index (χ1n) is 5.98. The summed E-state index contributed by atoms with van der Waals surface area (Å²) in [5, 5.41) is 7.38. The molecule has 4 aromatic rings. The van der Waals surface area contributed by atoms with Gasteiger partial charge in [0.1, 0.15) is 0 Å². The van der Waals surface area contributed by atoms with E-state index in [-0.39, 0.29) is 0 Å². The van der Waals surface area contributed by atoms with Gasteiger partial charge in [0.05, 0.1) is 0 Å². The Morgan fingerprint density at radius 1 is 0.611 bits per heavy atom. The number of benzene rings is 4. The highest BCUT2D eigenvalue weighted by molar-refractivity contribution is 6.24. The van der Waals surface area contributed by atoms with Gasteiger partial charge in [-0.3, -0.25) is 0 Å². The maximum absolute atomic E-state index is 3.21. The van der Waals surface area contributed by atoms with E-state index in [1.807, 2.05) is 6.07 Å². The first-order chi connectivity index (χ1) is 8.95. The summed E-state index contributed by atoms with van der Waals surface area (Å²) in [7, 11) is 0. The molecule has 0 fully saturated rings.